The summed E-state index contributed by atoms with van der Waals surface area (Å²) in [4.78, 5) is 28.5. The molecule has 2 aromatic rings. The zero-order valence-corrected chi connectivity index (χ0v) is 18.5. The van der Waals surface area contributed by atoms with Crippen molar-refractivity contribution in [3.05, 3.63) is 65.0 Å². The van der Waals surface area contributed by atoms with Crippen molar-refractivity contribution in [3.63, 3.8) is 0 Å². The number of likely N-dealkylation sites (N-methyl/N-ethyl adjacent to an activating group) is 1. The number of nitrogens with one attached hydrogen (secondary N) is 2. The molecule has 6 nitrogen and oxygen atoms in total. The van der Waals surface area contributed by atoms with E-state index in [0.29, 0.717) is 12.1 Å². The van der Waals surface area contributed by atoms with Gasteiger partial charge in [0, 0.05) is 56.5 Å². The Balaban J connectivity index is 1.69. The fraction of sp³-hybridized carbons (Fsp3) is 0.417. The van der Waals surface area contributed by atoms with Crippen LogP contribution in [0.5, 0.6) is 0 Å². The number of nitrogens with zero attached hydrogens (tertiary/aromatic N) is 2. The monoisotopic (exact) mass is 426 g/mol. The molecule has 1 unspecified atom stereocenters. The minimum atomic E-state index is -0.346. The number of anilines is 1. The Bertz CT molecular complexity index is 908. The molecular weight excluding hydrogens is 395 g/mol. The standard InChI is InChI=1S/C24H31FN4O2/c1-4-28-11-13-29(14-12-28)23-10-9-21(25)15-22(23)17(2)27-24(31)20-7-5-19(6-8-20)16-26-18(3)30/h5-10,15,17H,4,11-14,16H2,1-3H3,(H,26,30)(H,27,31). The molecule has 2 aromatic carbocycles. The van der Waals surface area contributed by atoms with Gasteiger partial charge in [0.15, 0.2) is 0 Å². The average Bonchev–Trinajstić information content (AvgIpc) is 2.78. The van der Waals surface area contributed by atoms with E-state index in [-0.39, 0.29) is 23.7 Å². The molecule has 0 saturated carbocycles. The van der Waals surface area contributed by atoms with E-state index in [1.54, 1.807) is 12.1 Å². The first kappa shape index (κ1) is 22.7. The Kier molecular flexibility index (Phi) is 7.63. The van der Waals surface area contributed by atoms with E-state index in [9.17, 15) is 14.0 Å². The van der Waals surface area contributed by atoms with Gasteiger partial charge in [0.1, 0.15) is 5.82 Å². The van der Waals surface area contributed by atoms with Crippen molar-refractivity contribution in [2.24, 2.45) is 0 Å². The molecule has 1 fully saturated rings. The molecule has 166 valence electrons. The second kappa shape index (κ2) is 10.4. The minimum absolute atomic E-state index is 0.0994. The van der Waals surface area contributed by atoms with E-state index in [2.05, 4.69) is 27.4 Å². The van der Waals surface area contributed by atoms with Gasteiger partial charge < -0.3 is 20.4 Å². The van der Waals surface area contributed by atoms with Crippen molar-refractivity contribution in [3.8, 4) is 0 Å². The smallest absolute Gasteiger partial charge is 0.251 e. The van der Waals surface area contributed by atoms with Crippen molar-refractivity contribution in [1.29, 1.82) is 0 Å². The summed E-state index contributed by atoms with van der Waals surface area (Å²) in [6, 6.07) is 11.6. The van der Waals surface area contributed by atoms with Gasteiger partial charge in [0.05, 0.1) is 6.04 Å². The summed E-state index contributed by atoms with van der Waals surface area (Å²) < 4.78 is 14.1. The predicted octanol–water partition coefficient (Wildman–Crippen LogP) is 3.09. The molecule has 0 radical (unpaired) electrons. The lowest BCUT2D eigenvalue weighted by atomic mass is 10.0. The molecule has 0 aromatic heterocycles. The maximum Gasteiger partial charge on any atom is 0.251 e. The second-order valence-corrected chi connectivity index (χ2v) is 7.93. The molecular formula is C24H31FN4O2. The van der Waals surface area contributed by atoms with E-state index in [1.165, 1.54) is 19.1 Å². The topological polar surface area (TPSA) is 64.7 Å². The predicted molar refractivity (Wildman–Crippen MR) is 121 cm³/mol. The summed E-state index contributed by atoms with van der Waals surface area (Å²) in [6.45, 7) is 10.6. The summed E-state index contributed by atoms with van der Waals surface area (Å²) >= 11 is 0. The Hall–Kier alpha value is -2.93. The fourth-order valence-electron chi connectivity index (χ4n) is 3.82. The number of amides is 2. The van der Waals surface area contributed by atoms with Crippen LogP contribution in [0.15, 0.2) is 42.5 Å². The highest BCUT2D eigenvalue weighted by molar-refractivity contribution is 5.94. The van der Waals surface area contributed by atoms with Crippen molar-refractivity contribution in [2.75, 3.05) is 37.6 Å². The minimum Gasteiger partial charge on any atom is -0.369 e. The van der Waals surface area contributed by atoms with Crippen molar-refractivity contribution in [2.45, 2.75) is 33.4 Å². The summed E-state index contributed by atoms with van der Waals surface area (Å²) in [6.07, 6.45) is 0. The Morgan fingerprint density at radius 3 is 2.35 bits per heavy atom. The lowest BCUT2D eigenvalue weighted by Crippen LogP contribution is -2.46. The van der Waals surface area contributed by atoms with Crippen LogP contribution in [0.25, 0.3) is 0 Å². The highest BCUT2D eigenvalue weighted by atomic mass is 19.1. The second-order valence-electron chi connectivity index (χ2n) is 7.93. The lowest BCUT2D eigenvalue weighted by Gasteiger charge is -2.37. The van der Waals surface area contributed by atoms with Gasteiger partial charge in [-0.1, -0.05) is 19.1 Å². The van der Waals surface area contributed by atoms with Crippen LogP contribution >= 0.6 is 0 Å². The summed E-state index contributed by atoms with van der Waals surface area (Å²) in [5, 5.41) is 5.73. The molecule has 0 bridgehead atoms. The molecule has 1 aliphatic rings. The van der Waals surface area contributed by atoms with E-state index < -0.39 is 0 Å². The van der Waals surface area contributed by atoms with Crippen molar-refractivity contribution in [1.82, 2.24) is 15.5 Å². The molecule has 2 N–H and O–H groups in total. The molecule has 2 amide bonds. The maximum atomic E-state index is 14.1. The van der Waals surface area contributed by atoms with Gasteiger partial charge in [-0.25, -0.2) is 4.39 Å². The van der Waals surface area contributed by atoms with E-state index in [4.69, 9.17) is 0 Å². The molecule has 1 saturated heterocycles. The highest BCUT2D eigenvalue weighted by Gasteiger charge is 2.22. The number of rotatable bonds is 7. The summed E-state index contributed by atoms with van der Waals surface area (Å²) in [5.41, 5.74) is 3.18. The first-order chi connectivity index (χ1) is 14.9. The number of piperazine rings is 1. The molecule has 1 aliphatic heterocycles. The van der Waals surface area contributed by atoms with Crippen LogP contribution < -0.4 is 15.5 Å². The molecule has 7 heteroatoms. The van der Waals surface area contributed by atoms with Gasteiger partial charge in [-0.15, -0.1) is 0 Å². The van der Waals surface area contributed by atoms with Crippen molar-refractivity contribution >= 4 is 17.5 Å². The van der Waals surface area contributed by atoms with Gasteiger partial charge in [-0.05, 0) is 49.4 Å². The largest absolute Gasteiger partial charge is 0.369 e. The Labute approximate surface area is 183 Å². The number of carbonyl (C=O) groups is 2. The average molecular weight is 427 g/mol. The van der Waals surface area contributed by atoms with E-state index in [0.717, 1.165) is 49.5 Å². The molecule has 1 heterocycles. The number of halogens is 1. The number of benzene rings is 2. The maximum absolute atomic E-state index is 14.1. The van der Waals surface area contributed by atoms with Crippen LogP contribution in [0.2, 0.25) is 0 Å². The van der Waals surface area contributed by atoms with Crippen LogP contribution in [0.1, 0.15) is 48.3 Å². The zero-order valence-electron chi connectivity index (χ0n) is 18.5. The number of carbonyl (C=O) groups excluding carboxylic acids is 2. The zero-order chi connectivity index (χ0) is 22.4. The van der Waals surface area contributed by atoms with Gasteiger partial charge in [-0.3, -0.25) is 9.59 Å². The normalized spacial score (nSPS) is 15.4. The highest BCUT2D eigenvalue weighted by Crippen LogP contribution is 2.28. The Morgan fingerprint density at radius 2 is 1.74 bits per heavy atom. The van der Waals surface area contributed by atoms with E-state index in [1.807, 2.05) is 25.1 Å². The molecule has 31 heavy (non-hydrogen) atoms. The van der Waals surface area contributed by atoms with Gasteiger partial charge >= 0.3 is 0 Å². The van der Waals surface area contributed by atoms with Crippen LogP contribution in [0.4, 0.5) is 10.1 Å². The third kappa shape index (κ3) is 6.04. The molecule has 0 spiro atoms. The summed E-state index contributed by atoms with van der Waals surface area (Å²) in [7, 11) is 0. The SMILES string of the molecule is CCN1CCN(c2ccc(F)cc2C(C)NC(=O)c2ccc(CNC(C)=O)cc2)CC1. The Morgan fingerprint density at radius 1 is 1.06 bits per heavy atom. The quantitative estimate of drug-likeness (QED) is 0.714. The van der Waals surface area contributed by atoms with Gasteiger partial charge in [0.25, 0.3) is 5.91 Å². The first-order valence-corrected chi connectivity index (χ1v) is 10.8. The van der Waals surface area contributed by atoms with Crippen molar-refractivity contribution < 1.29 is 14.0 Å². The lowest BCUT2D eigenvalue weighted by molar-refractivity contribution is -0.119. The molecule has 0 aliphatic carbocycles. The van der Waals surface area contributed by atoms with Crippen LogP contribution in [0, 0.1) is 5.82 Å². The third-order valence-corrected chi connectivity index (χ3v) is 5.72. The first-order valence-electron chi connectivity index (χ1n) is 10.8. The number of hydrogen-bond donors (Lipinski definition) is 2. The van der Waals surface area contributed by atoms with Crippen LogP contribution in [-0.2, 0) is 11.3 Å². The summed E-state index contributed by atoms with van der Waals surface area (Å²) in [5.74, 6) is -0.628. The van der Waals surface area contributed by atoms with E-state index >= 15 is 0 Å². The van der Waals surface area contributed by atoms with Crippen LogP contribution in [-0.4, -0.2) is 49.4 Å². The van der Waals surface area contributed by atoms with Gasteiger partial charge in [0.2, 0.25) is 5.91 Å². The van der Waals surface area contributed by atoms with Crippen LogP contribution in [0.3, 0.4) is 0 Å². The number of hydrogen-bond acceptors (Lipinski definition) is 4. The fourth-order valence-corrected chi connectivity index (χ4v) is 3.82. The van der Waals surface area contributed by atoms with Gasteiger partial charge in [-0.2, -0.15) is 0 Å². The molecule has 3 rings (SSSR count). The third-order valence-electron chi connectivity index (χ3n) is 5.72. The molecule has 1 atom stereocenters.